The highest BCUT2D eigenvalue weighted by Gasteiger charge is 2.23. The summed E-state index contributed by atoms with van der Waals surface area (Å²) in [4.78, 5) is 25.1. The molecule has 0 aliphatic carbocycles. The topological polar surface area (TPSA) is 72.0 Å². The van der Waals surface area contributed by atoms with Crippen LogP contribution < -0.4 is 10.6 Å². The zero-order valence-electron chi connectivity index (χ0n) is 16.6. The number of rotatable bonds is 8. The van der Waals surface area contributed by atoms with E-state index in [0.29, 0.717) is 10.6 Å². The molecule has 0 radical (unpaired) electrons. The molecule has 1 heterocycles. The lowest BCUT2D eigenvalue weighted by atomic mass is 10.0. The fraction of sp³-hybridized carbons (Fsp3) is 0.217. The highest BCUT2D eigenvalue weighted by atomic mass is 32.1. The summed E-state index contributed by atoms with van der Waals surface area (Å²) in [6.45, 7) is 4.37. The third kappa shape index (κ3) is 5.31. The van der Waals surface area contributed by atoms with Crippen LogP contribution >= 0.6 is 11.3 Å². The van der Waals surface area contributed by atoms with Crippen molar-refractivity contribution in [2.24, 2.45) is 0 Å². The van der Waals surface area contributed by atoms with E-state index in [1.165, 1.54) is 11.3 Å². The number of hydrogen-bond acceptors (Lipinski definition) is 4. The van der Waals surface area contributed by atoms with Crippen LogP contribution in [0, 0.1) is 0 Å². The summed E-state index contributed by atoms with van der Waals surface area (Å²) >= 11 is 1.34. The minimum atomic E-state index is -0.426. The summed E-state index contributed by atoms with van der Waals surface area (Å²) in [7, 11) is 0. The van der Waals surface area contributed by atoms with Gasteiger partial charge < -0.3 is 15.4 Å². The van der Waals surface area contributed by atoms with Crippen molar-refractivity contribution in [3.05, 3.63) is 77.2 Å². The SMILES string of the molecule is CCOC(=O)c1c(-c2ccccc2)csc1NC(=O)C[NH2+][C@H](C)c1ccccc1. The molecule has 1 aromatic heterocycles. The molecule has 3 rings (SSSR count). The van der Waals surface area contributed by atoms with E-state index in [1.54, 1.807) is 6.92 Å². The van der Waals surface area contributed by atoms with E-state index in [0.717, 1.165) is 16.7 Å². The molecule has 2 aromatic carbocycles. The largest absolute Gasteiger partial charge is 0.462 e. The van der Waals surface area contributed by atoms with E-state index in [9.17, 15) is 9.59 Å². The van der Waals surface area contributed by atoms with Crippen LogP contribution in [0.15, 0.2) is 66.0 Å². The standard InChI is InChI=1S/C23H24N2O3S/c1-3-28-23(27)21-19(18-12-8-5-9-13-18)15-29-22(21)25-20(26)14-24-16(2)17-10-6-4-7-11-17/h4-13,15-16,24H,3,14H2,1-2H3,(H,25,26)/p+1/t16-/m1/s1. The number of ether oxygens (including phenoxy) is 1. The van der Waals surface area contributed by atoms with Crippen molar-refractivity contribution in [3.8, 4) is 11.1 Å². The molecule has 29 heavy (non-hydrogen) atoms. The Morgan fingerprint density at radius 1 is 1.07 bits per heavy atom. The first-order chi connectivity index (χ1) is 14.1. The Labute approximate surface area is 174 Å². The first-order valence-corrected chi connectivity index (χ1v) is 10.5. The average molecular weight is 410 g/mol. The van der Waals surface area contributed by atoms with E-state index in [2.05, 4.69) is 12.2 Å². The first-order valence-electron chi connectivity index (χ1n) is 9.62. The number of benzene rings is 2. The summed E-state index contributed by atoms with van der Waals surface area (Å²) in [5.74, 6) is -0.579. The third-order valence-electron chi connectivity index (χ3n) is 4.59. The van der Waals surface area contributed by atoms with Crippen LogP contribution in [0.2, 0.25) is 0 Å². The molecule has 1 amide bonds. The molecule has 0 aliphatic rings. The minimum absolute atomic E-state index is 0.153. The lowest BCUT2D eigenvalue weighted by molar-refractivity contribution is -0.682. The highest BCUT2D eigenvalue weighted by Crippen LogP contribution is 2.36. The maximum atomic E-state index is 12.6. The normalized spacial score (nSPS) is 11.7. The lowest BCUT2D eigenvalue weighted by Gasteiger charge is -2.11. The van der Waals surface area contributed by atoms with Crippen LogP contribution in [0.5, 0.6) is 0 Å². The molecular weight excluding hydrogens is 384 g/mol. The van der Waals surface area contributed by atoms with Crippen molar-refractivity contribution < 1.29 is 19.6 Å². The molecule has 150 valence electrons. The Bertz CT molecular complexity index is 955. The van der Waals surface area contributed by atoms with Crippen LogP contribution in [0.25, 0.3) is 11.1 Å². The van der Waals surface area contributed by atoms with Gasteiger partial charge in [0.25, 0.3) is 5.91 Å². The molecule has 0 fully saturated rings. The van der Waals surface area contributed by atoms with Gasteiger partial charge in [0.1, 0.15) is 16.6 Å². The Kier molecular flexibility index (Phi) is 7.16. The number of nitrogens with two attached hydrogens (primary N) is 1. The molecule has 3 aromatic rings. The van der Waals surface area contributed by atoms with Gasteiger partial charge in [-0.05, 0) is 19.4 Å². The van der Waals surface area contributed by atoms with Gasteiger partial charge in [0.15, 0.2) is 6.54 Å². The average Bonchev–Trinajstić information content (AvgIpc) is 3.17. The van der Waals surface area contributed by atoms with Gasteiger partial charge in [-0.3, -0.25) is 4.79 Å². The van der Waals surface area contributed by atoms with Crippen LogP contribution in [0.1, 0.15) is 35.8 Å². The van der Waals surface area contributed by atoms with E-state index < -0.39 is 5.97 Å². The fourth-order valence-electron chi connectivity index (χ4n) is 3.04. The van der Waals surface area contributed by atoms with Gasteiger partial charge in [0, 0.05) is 16.5 Å². The second kappa shape index (κ2) is 10.0. The zero-order chi connectivity index (χ0) is 20.6. The van der Waals surface area contributed by atoms with Crippen molar-refractivity contribution in [1.29, 1.82) is 0 Å². The molecule has 6 heteroatoms. The van der Waals surface area contributed by atoms with E-state index in [4.69, 9.17) is 4.74 Å². The first kappa shape index (κ1) is 20.8. The zero-order valence-corrected chi connectivity index (χ0v) is 17.4. The molecule has 5 nitrogen and oxygen atoms in total. The van der Waals surface area contributed by atoms with Gasteiger partial charge in [0.05, 0.1) is 6.61 Å². The predicted molar refractivity (Wildman–Crippen MR) is 116 cm³/mol. The predicted octanol–water partition coefficient (Wildman–Crippen LogP) is 3.85. The molecule has 0 bridgehead atoms. The fourth-order valence-corrected chi connectivity index (χ4v) is 4.01. The molecule has 0 saturated carbocycles. The number of quaternary nitrogens is 1. The van der Waals surface area contributed by atoms with E-state index >= 15 is 0 Å². The van der Waals surface area contributed by atoms with Gasteiger partial charge in [-0.1, -0.05) is 60.7 Å². The number of amides is 1. The monoisotopic (exact) mass is 409 g/mol. The number of carbonyl (C=O) groups is 2. The second-order valence-electron chi connectivity index (χ2n) is 6.63. The van der Waals surface area contributed by atoms with Gasteiger partial charge in [0.2, 0.25) is 0 Å². The lowest BCUT2D eigenvalue weighted by Crippen LogP contribution is -2.86. The molecule has 0 unspecified atom stereocenters. The van der Waals surface area contributed by atoms with Crippen molar-refractivity contribution in [1.82, 2.24) is 0 Å². The minimum Gasteiger partial charge on any atom is -0.462 e. The molecule has 3 N–H and O–H groups in total. The highest BCUT2D eigenvalue weighted by molar-refractivity contribution is 7.15. The summed E-state index contributed by atoms with van der Waals surface area (Å²) in [6.07, 6.45) is 0. The number of anilines is 1. The number of carbonyl (C=O) groups excluding carboxylic acids is 2. The quantitative estimate of drug-likeness (QED) is 0.555. The number of esters is 1. The Hall–Kier alpha value is -2.96. The maximum Gasteiger partial charge on any atom is 0.341 e. The smallest absolute Gasteiger partial charge is 0.341 e. The second-order valence-corrected chi connectivity index (χ2v) is 7.51. The number of hydrogen-bond donors (Lipinski definition) is 2. The Balaban J connectivity index is 1.73. The van der Waals surface area contributed by atoms with Gasteiger partial charge in [-0.2, -0.15) is 0 Å². The summed E-state index contributed by atoms with van der Waals surface area (Å²) in [5.41, 5.74) is 3.25. The molecule has 1 atom stereocenters. The van der Waals surface area contributed by atoms with Crippen LogP contribution in [-0.2, 0) is 9.53 Å². The van der Waals surface area contributed by atoms with Gasteiger partial charge >= 0.3 is 5.97 Å². The Morgan fingerprint density at radius 2 is 1.72 bits per heavy atom. The Morgan fingerprint density at radius 3 is 2.38 bits per heavy atom. The van der Waals surface area contributed by atoms with Crippen molar-refractivity contribution in [2.75, 3.05) is 18.5 Å². The summed E-state index contributed by atoms with van der Waals surface area (Å²) < 4.78 is 5.24. The van der Waals surface area contributed by atoms with E-state index in [1.807, 2.05) is 71.4 Å². The van der Waals surface area contributed by atoms with E-state index in [-0.39, 0.29) is 25.1 Å². The molecule has 0 aliphatic heterocycles. The summed E-state index contributed by atoms with van der Waals surface area (Å²) in [6, 6.07) is 19.8. The molecule has 0 spiro atoms. The number of thiophene rings is 1. The molecular formula is C23H25N2O3S+. The molecule has 0 saturated heterocycles. The third-order valence-corrected chi connectivity index (χ3v) is 5.49. The van der Waals surface area contributed by atoms with Crippen LogP contribution in [0.4, 0.5) is 5.00 Å². The van der Waals surface area contributed by atoms with Crippen LogP contribution in [0.3, 0.4) is 0 Å². The van der Waals surface area contributed by atoms with Crippen molar-refractivity contribution in [3.63, 3.8) is 0 Å². The van der Waals surface area contributed by atoms with Crippen molar-refractivity contribution >= 4 is 28.2 Å². The summed E-state index contributed by atoms with van der Waals surface area (Å²) in [5, 5.41) is 7.27. The van der Waals surface area contributed by atoms with Crippen molar-refractivity contribution in [2.45, 2.75) is 19.9 Å². The number of nitrogens with one attached hydrogen (secondary N) is 1. The van der Waals surface area contributed by atoms with Crippen LogP contribution in [-0.4, -0.2) is 25.0 Å². The maximum absolute atomic E-state index is 12.6. The van der Waals surface area contributed by atoms with Gasteiger partial charge in [-0.25, -0.2) is 4.79 Å². The van der Waals surface area contributed by atoms with Gasteiger partial charge in [-0.15, -0.1) is 11.3 Å².